The Morgan fingerprint density at radius 2 is 1.80 bits per heavy atom. The molecule has 1 aliphatic rings. The van der Waals surface area contributed by atoms with Gasteiger partial charge < -0.3 is 19.9 Å². The number of imide groups is 1. The summed E-state index contributed by atoms with van der Waals surface area (Å²) in [5.74, 6) is -0.544. The van der Waals surface area contributed by atoms with Crippen LogP contribution in [-0.4, -0.2) is 35.0 Å². The van der Waals surface area contributed by atoms with Crippen LogP contribution in [0.15, 0.2) is 72.4 Å². The van der Waals surface area contributed by atoms with Gasteiger partial charge in [-0.15, -0.1) is 0 Å². The Hall–Kier alpha value is -4.30. The molecule has 2 N–H and O–H groups in total. The minimum absolute atomic E-state index is 0.0607. The van der Waals surface area contributed by atoms with Crippen LogP contribution in [0.4, 0.5) is 4.79 Å². The van der Waals surface area contributed by atoms with Crippen molar-refractivity contribution < 1.29 is 29.0 Å². The predicted molar refractivity (Wildman–Crippen MR) is 129 cm³/mol. The van der Waals surface area contributed by atoms with E-state index in [2.05, 4.69) is 5.32 Å². The second-order valence-corrected chi connectivity index (χ2v) is 8.08. The summed E-state index contributed by atoms with van der Waals surface area (Å²) in [7, 11) is 1.49. The number of ether oxygens (including phenoxy) is 2. The molecule has 0 atom stereocenters. The van der Waals surface area contributed by atoms with Crippen molar-refractivity contribution >= 4 is 35.6 Å². The lowest BCUT2D eigenvalue weighted by molar-refractivity contribution is -0.123. The molecule has 3 aromatic carbocycles. The van der Waals surface area contributed by atoms with Crippen LogP contribution in [-0.2, 0) is 17.9 Å². The number of carboxylic acid groups (broad SMARTS) is 1. The molecule has 35 heavy (non-hydrogen) atoms. The molecule has 0 saturated carbocycles. The number of amides is 3. The topological polar surface area (TPSA) is 105 Å². The number of carbonyl (C=O) groups is 3. The lowest BCUT2D eigenvalue weighted by Crippen LogP contribution is -2.30. The largest absolute Gasteiger partial charge is 0.493 e. The van der Waals surface area contributed by atoms with Crippen LogP contribution in [0.3, 0.4) is 0 Å². The number of halogens is 1. The van der Waals surface area contributed by atoms with E-state index in [1.807, 2.05) is 0 Å². The summed E-state index contributed by atoms with van der Waals surface area (Å²) in [4.78, 5) is 37.3. The van der Waals surface area contributed by atoms with Gasteiger partial charge in [-0.2, -0.15) is 0 Å². The Bertz CT molecular complexity index is 1320. The van der Waals surface area contributed by atoms with Gasteiger partial charge in [0.05, 0.1) is 19.2 Å². The summed E-state index contributed by atoms with van der Waals surface area (Å²) in [6.07, 6.45) is 1.56. The normalized spacial score (nSPS) is 14.2. The van der Waals surface area contributed by atoms with Crippen molar-refractivity contribution in [3.05, 3.63) is 99.7 Å². The molecule has 0 radical (unpaired) electrons. The van der Waals surface area contributed by atoms with Crippen LogP contribution < -0.4 is 14.8 Å². The number of nitrogens with one attached hydrogen (secondary N) is 1. The van der Waals surface area contributed by atoms with Crippen molar-refractivity contribution in [1.82, 2.24) is 10.2 Å². The summed E-state index contributed by atoms with van der Waals surface area (Å²) < 4.78 is 11.2. The van der Waals surface area contributed by atoms with Crippen LogP contribution in [0.2, 0.25) is 5.02 Å². The van der Waals surface area contributed by atoms with Gasteiger partial charge in [0.2, 0.25) is 0 Å². The zero-order valence-electron chi connectivity index (χ0n) is 18.7. The summed E-state index contributed by atoms with van der Waals surface area (Å²) in [5.41, 5.74) is 2.42. The average Bonchev–Trinajstić information content (AvgIpc) is 3.11. The molecule has 178 valence electrons. The van der Waals surface area contributed by atoms with E-state index in [4.69, 9.17) is 26.2 Å². The summed E-state index contributed by atoms with van der Waals surface area (Å²) in [5, 5.41) is 12.1. The number of urea groups is 1. The lowest BCUT2D eigenvalue weighted by atomic mass is 10.1. The number of carbonyl (C=O) groups excluding carboxylic acids is 2. The third-order valence-corrected chi connectivity index (χ3v) is 5.71. The van der Waals surface area contributed by atoms with E-state index in [1.54, 1.807) is 60.7 Å². The third kappa shape index (κ3) is 5.44. The number of methoxy groups -OCH3 is 1. The Balaban J connectivity index is 1.47. The smallest absolute Gasteiger partial charge is 0.335 e. The summed E-state index contributed by atoms with van der Waals surface area (Å²) in [6, 6.07) is 18.0. The van der Waals surface area contributed by atoms with Crippen molar-refractivity contribution in [2.24, 2.45) is 0 Å². The fourth-order valence-corrected chi connectivity index (χ4v) is 3.67. The number of carboxylic acids is 1. The number of hydrogen-bond donors (Lipinski definition) is 2. The van der Waals surface area contributed by atoms with E-state index in [0.29, 0.717) is 27.6 Å². The second-order valence-electron chi connectivity index (χ2n) is 7.67. The first kappa shape index (κ1) is 23.8. The van der Waals surface area contributed by atoms with E-state index in [-0.39, 0.29) is 24.4 Å². The molecule has 1 aliphatic heterocycles. The molecule has 1 saturated heterocycles. The van der Waals surface area contributed by atoms with Crippen LogP contribution in [0, 0.1) is 0 Å². The van der Waals surface area contributed by atoms with Crippen LogP contribution >= 0.6 is 11.6 Å². The fraction of sp³-hybridized carbons (Fsp3) is 0.115. The first-order valence-electron chi connectivity index (χ1n) is 10.6. The van der Waals surface area contributed by atoms with Crippen molar-refractivity contribution in [2.45, 2.75) is 13.2 Å². The SMILES string of the molecule is COc1cc(/C=C2/NC(=O)N(Cc3ccccc3Cl)C2=O)ccc1OCc1ccc(C(=O)O)cc1. The summed E-state index contributed by atoms with van der Waals surface area (Å²) in [6.45, 7) is 0.271. The molecule has 0 aliphatic carbocycles. The fourth-order valence-electron chi connectivity index (χ4n) is 3.48. The molecule has 0 spiro atoms. The standard InChI is InChI=1S/C26H21ClN2O6/c1-34-23-13-17(8-11-22(23)35-15-16-6-9-18(10-7-16)25(31)32)12-21-24(30)29(26(33)28-21)14-19-4-2-3-5-20(19)27/h2-13H,14-15H2,1H3,(H,28,33)(H,31,32)/b21-12+. The van der Waals surface area contributed by atoms with E-state index < -0.39 is 17.9 Å². The maximum Gasteiger partial charge on any atom is 0.335 e. The molecule has 8 nitrogen and oxygen atoms in total. The predicted octanol–water partition coefficient (Wildman–Crippen LogP) is 4.72. The zero-order valence-corrected chi connectivity index (χ0v) is 19.4. The molecule has 3 amide bonds. The van der Waals surface area contributed by atoms with Crippen molar-refractivity contribution in [2.75, 3.05) is 7.11 Å². The Morgan fingerprint density at radius 3 is 2.49 bits per heavy atom. The molecular weight excluding hydrogens is 472 g/mol. The first-order chi connectivity index (χ1) is 16.9. The maximum atomic E-state index is 12.8. The average molecular weight is 493 g/mol. The maximum absolute atomic E-state index is 12.8. The number of aromatic carboxylic acids is 1. The highest BCUT2D eigenvalue weighted by atomic mass is 35.5. The Labute approximate surface area is 206 Å². The number of benzene rings is 3. The molecule has 9 heteroatoms. The highest BCUT2D eigenvalue weighted by molar-refractivity contribution is 6.31. The minimum atomic E-state index is -0.993. The molecular formula is C26H21ClN2O6. The number of rotatable bonds is 8. The van der Waals surface area contributed by atoms with Gasteiger partial charge >= 0.3 is 12.0 Å². The summed E-state index contributed by atoms with van der Waals surface area (Å²) >= 11 is 6.16. The number of nitrogens with zero attached hydrogens (tertiary/aromatic N) is 1. The van der Waals surface area contributed by atoms with E-state index in [9.17, 15) is 14.4 Å². The molecule has 3 aromatic rings. The lowest BCUT2D eigenvalue weighted by Gasteiger charge is -2.13. The van der Waals surface area contributed by atoms with Gasteiger partial charge in [0.25, 0.3) is 5.91 Å². The van der Waals surface area contributed by atoms with E-state index in [0.717, 1.165) is 10.5 Å². The second kappa shape index (κ2) is 10.3. The molecule has 1 heterocycles. The van der Waals surface area contributed by atoms with Gasteiger partial charge in [-0.05, 0) is 53.1 Å². The van der Waals surface area contributed by atoms with Crippen LogP contribution in [0.5, 0.6) is 11.5 Å². The van der Waals surface area contributed by atoms with Gasteiger partial charge in [-0.25, -0.2) is 9.59 Å². The molecule has 1 fully saturated rings. The molecule has 0 aromatic heterocycles. The number of hydrogen-bond acceptors (Lipinski definition) is 5. The van der Waals surface area contributed by atoms with Crippen LogP contribution in [0.25, 0.3) is 6.08 Å². The van der Waals surface area contributed by atoms with Crippen molar-refractivity contribution in [3.63, 3.8) is 0 Å². The first-order valence-corrected chi connectivity index (χ1v) is 10.9. The minimum Gasteiger partial charge on any atom is -0.493 e. The van der Waals surface area contributed by atoms with Crippen LogP contribution in [0.1, 0.15) is 27.0 Å². The van der Waals surface area contributed by atoms with Gasteiger partial charge in [0, 0.05) is 5.02 Å². The zero-order chi connectivity index (χ0) is 24.9. The van der Waals surface area contributed by atoms with Gasteiger partial charge in [0.1, 0.15) is 12.3 Å². The monoisotopic (exact) mass is 492 g/mol. The molecule has 4 rings (SSSR count). The van der Waals surface area contributed by atoms with E-state index in [1.165, 1.54) is 19.2 Å². The molecule has 0 bridgehead atoms. The quantitative estimate of drug-likeness (QED) is 0.348. The van der Waals surface area contributed by atoms with Gasteiger partial charge in [-0.1, -0.05) is 48.0 Å². The van der Waals surface area contributed by atoms with Crippen molar-refractivity contribution in [1.29, 1.82) is 0 Å². The van der Waals surface area contributed by atoms with Crippen molar-refractivity contribution in [3.8, 4) is 11.5 Å². The Kier molecular flexibility index (Phi) is 7.03. The third-order valence-electron chi connectivity index (χ3n) is 5.34. The highest BCUT2D eigenvalue weighted by Crippen LogP contribution is 2.30. The van der Waals surface area contributed by atoms with Gasteiger partial charge in [0.15, 0.2) is 11.5 Å². The van der Waals surface area contributed by atoms with E-state index >= 15 is 0 Å². The van der Waals surface area contributed by atoms with Gasteiger partial charge in [-0.3, -0.25) is 9.69 Å². The molecule has 0 unspecified atom stereocenters. The highest BCUT2D eigenvalue weighted by Gasteiger charge is 2.33. The Morgan fingerprint density at radius 1 is 1.06 bits per heavy atom.